The minimum absolute atomic E-state index is 0.463. The highest BCUT2D eigenvalue weighted by molar-refractivity contribution is 5.98. The molecule has 0 radical (unpaired) electrons. The van der Waals surface area contributed by atoms with Gasteiger partial charge in [-0.15, -0.1) is 0 Å². The topological polar surface area (TPSA) is 0 Å². The number of fused-ring (bicyclic) bond motifs is 4. The summed E-state index contributed by atoms with van der Waals surface area (Å²) >= 11 is 0. The van der Waals surface area contributed by atoms with Crippen molar-refractivity contribution in [2.75, 3.05) is 0 Å². The van der Waals surface area contributed by atoms with Crippen LogP contribution in [0.15, 0.2) is 72.8 Å². The van der Waals surface area contributed by atoms with Gasteiger partial charge in [0, 0.05) is 5.92 Å². The average Bonchev–Trinajstić information content (AvgIpc) is 3.15. The summed E-state index contributed by atoms with van der Waals surface area (Å²) in [6, 6.07) is 28.3. The first kappa shape index (κ1) is 21.4. The fourth-order valence-electron chi connectivity index (χ4n) is 7.49. The van der Waals surface area contributed by atoms with Crippen molar-refractivity contribution in [1.82, 2.24) is 0 Å². The van der Waals surface area contributed by atoms with Gasteiger partial charge in [0.1, 0.15) is 0 Å². The van der Waals surface area contributed by atoms with Gasteiger partial charge in [-0.3, -0.25) is 0 Å². The zero-order valence-corrected chi connectivity index (χ0v) is 21.2. The highest BCUT2D eigenvalue weighted by atomic mass is 14.3. The van der Waals surface area contributed by atoms with E-state index >= 15 is 0 Å². The Morgan fingerprint density at radius 3 is 2.14 bits per heavy atom. The van der Waals surface area contributed by atoms with E-state index in [-0.39, 0.29) is 0 Å². The SMILES string of the molecule is C[C@H]1CCCC(c2cc(-c3cccc4c3-c3ccccc3[C@@H]4C)cc3cccc(C4CCC4)c23)C1. The maximum Gasteiger partial charge on any atom is 0.00735 e. The Bertz CT molecular complexity index is 1420. The molecule has 4 aromatic carbocycles. The van der Waals surface area contributed by atoms with Crippen molar-refractivity contribution in [3.05, 3.63) is 95.1 Å². The lowest BCUT2D eigenvalue weighted by Gasteiger charge is -2.32. The summed E-state index contributed by atoms with van der Waals surface area (Å²) in [5, 5.41) is 3.05. The van der Waals surface area contributed by atoms with Gasteiger partial charge in [-0.2, -0.15) is 0 Å². The van der Waals surface area contributed by atoms with Gasteiger partial charge < -0.3 is 0 Å². The number of hydrogen-bond acceptors (Lipinski definition) is 0. The van der Waals surface area contributed by atoms with E-state index < -0.39 is 0 Å². The summed E-state index contributed by atoms with van der Waals surface area (Å²) in [7, 11) is 0. The number of benzene rings is 4. The summed E-state index contributed by atoms with van der Waals surface area (Å²) in [5.74, 6) is 2.74. The van der Waals surface area contributed by atoms with Crippen LogP contribution in [0.3, 0.4) is 0 Å². The van der Waals surface area contributed by atoms with Crippen LogP contribution < -0.4 is 0 Å². The molecule has 3 aliphatic carbocycles. The monoisotopic (exact) mass is 456 g/mol. The van der Waals surface area contributed by atoms with Crippen LogP contribution >= 0.6 is 0 Å². The van der Waals surface area contributed by atoms with Gasteiger partial charge in [-0.25, -0.2) is 0 Å². The van der Waals surface area contributed by atoms with Crippen molar-refractivity contribution < 1.29 is 0 Å². The van der Waals surface area contributed by atoms with Crippen molar-refractivity contribution in [2.45, 2.75) is 76.5 Å². The molecule has 2 saturated carbocycles. The molecule has 0 heterocycles. The molecule has 0 heteroatoms. The third-order valence-corrected chi connectivity index (χ3v) is 9.53. The highest BCUT2D eigenvalue weighted by Crippen LogP contribution is 2.51. The third kappa shape index (κ3) is 3.40. The molecule has 0 nitrogen and oxygen atoms in total. The van der Waals surface area contributed by atoms with Crippen molar-refractivity contribution in [3.8, 4) is 22.3 Å². The predicted molar refractivity (Wildman–Crippen MR) is 149 cm³/mol. The van der Waals surface area contributed by atoms with Gasteiger partial charge in [0.2, 0.25) is 0 Å². The lowest BCUT2D eigenvalue weighted by molar-refractivity contribution is 0.345. The fraction of sp³-hybridized carbons (Fsp3) is 0.371. The van der Waals surface area contributed by atoms with Crippen LogP contribution in [0.5, 0.6) is 0 Å². The summed E-state index contributed by atoms with van der Waals surface area (Å²) in [6.07, 6.45) is 9.56. The zero-order valence-electron chi connectivity index (χ0n) is 21.2. The van der Waals surface area contributed by atoms with E-state index in [2.05, 4.69) is 86.6 Å². The maximum absolute atomic E-state index is 2.62. The van der Waals surface area contributed by atoms with Crippen LogP contribution in [0.2, 0.25) is 0 Å². The molecule has 0 aromatic heterocycles. The van der Waals surface area contributed by atoms with Crippen LogP contribution in [0.25, 0.3) is 33.0 Å². The minimum atomic E-state index is 0.463. The second kappa shape index (κ2) is 8.37. The summed E-state index contributed by atoms with van der Waals surface area (Å²) < 4.78 is 0. The molecule has 1 unspecified atom stereocenters. The molecular formula is C35H36. The third-order valence-electron chi connectivity index (χ3n) is 9.53. The summed E-state index contributed by atoms with van der Waals surface area (Å²) in [5.41, 5.74) is 12.0. The average molecular weight is 457 g/mol. The molecule has 0 spiro atoms. The van der Waals surface area contributed by atoms with Crippen LogP contribution in [0, 0.1) is 5.92 Å². The van der Waals surface area contributed by atoms with E-state index in [4.69, 9.17) is 0 Å². The first-order valence-corrected chi connectivity index (χ1v) is 14.0. The van der Waals surface area contributed by atoms with Gasteiger partial charge in [-0.05, 0) is 105 Å². The minimum Gasteiger partial charge on any atom is -0.0625 e. The standard InChI is InChI=1S/C35H36/c1-22-9-5-12-25(19-22)33-21-27(20-26-13-7-17-30(34(26)33)24-10-6-11-24)31-18-8-16-29-23(2)28-14-3-4-15-32(28)35(29)31/h3-4,7-8,13-18,20-25H,5-6,9-12,19H2,1-2H3/t22-,23-,25?/m0/s1. The molecular weight excluding hydrogens is 420 g/mol. The molecule has 0 aliphatic heterocycles. The Morgan fingerprint density at radius 2 is 1.31 bits per heavy atom. The van der Waals surface area contributed by atoms with Crippen molar-refractivity contribution in [3.63, 3.8) is 0 Å². The van der Waals surface area contributed by atoms with Crippen molar-refractivity contribution >= 4 is 10.8 Å². The van der Waals surface area contributed by atoms with Gasteiger partial charge in [-0.1, -0.05) is 99.8 Å². The molecule has 176 valence electrons. The van der Waals surface area contributed by atoms with Crippen LogP contribution in [0.1, 0.15) is 98.8 Å². The molecule has 2 fully saturated rings. The Labute approximate surface area is 210 Å². The number of hydrogen-bond donors (Lipinski definition) is 0. The van der Waals surface area contributed by atoms with Crippen LogP contribution in [-0.4, -0.2) is 0 Å². The molecule has 3 aliphatic rings. The highest BCUT2D eigenvalue weighted by Gasteiger charge is 2.30. The lowest BCUT2D eigenvalue weighted by atomic mass is 9.73. The molecule has 7 rings (SSSR count). The normalized spacial score (nSPS) is 23.7. The van der Waals surface area contributed by atoms with Crippen molar-refractivity contribution in [2.24, 2.45) is 5.92 Å². The molecule has 4 aromatic rings. The van der Waals surface area contributed by atoms with E-state index in [1.807, 2.05) is 0 Å². The maximum atomic E-state index is 2.62. The van der Waals surface area contributed by atoms with Gasteiger partial charge in [0.05, 0.1) is 0 Å². The first-order chi connectivity index (χ1) is 17.2. The van der Waals surface area contributed by atoms with Gasteiger partial charge in [0.25, 0.3) is 0 Å². The molecule has 3 atom stereocenters. The second-order valence-electron chi connectivity index (χ2n) is 11.7. The predicted octanol–water partition coefficient (Wildman–Crippen LogP) is 10.2. The Kier molecular flexibility index (Phi) is 5.12. The molecule has 0 bridgehead atoms. The largest absolute Gasteiger partial charge is 0.0625 e. The zero-order chi connectivity index (χ0) is 23.5. The van der Waals surface area contributed by atoms with Crippen LogP contribution in [-0.2, 0) is 0 Å². The van der Waals surface area contributed by atoms with E-state index in [1.54, 1.807) is 16.5 Å². The fourth-order valence-corrected chi connectivity index (χ4v) is 7.49. The van der Waals surface area contributed by atoms with E-state index in [1.165, 1.54) is 83.7 Å². The Balaban J connectivity index is 1.47. The van der Waals surface area contributed by atoms with Gasteiger partial charge >= 0.3 is 0 Å². The quantitative estimate of drug-likeness (QED) is 0.288. The second-order valence-corrected chi connectivity index (χ2v) is 11.7. The molecule has 0 saturated heterocycles. The molecule has 0 N–H and O–H groups in total. The lowest BCUT2D eigenvalue weighted by Crippen LogP contribution is -2.14. The Hall–Kier alpha value is -2.86. The van der Waals surface area contributed by atoms with Gasteiger partial charge in [0.15, 0.2) is 0 Å². The smallest absolute Gasteiger partial charge is 0.00735 e. The Morgan fingerprint density at radius 1 is 0.600 bits per heavy atom. The van der Waals surface area contributed by atoms with E-state index in [9.17, 15) is 0 Å². The molecule has 35 heavy (non-hydrogen) atoms. The van der Waals surface area contributed by atoms with Crippen molar-refractivity contribution in [1.29, 1.82) is 0 Å². The molecule has 0 amide bonds. The van der Waals surface area contributed by atoms with E-state index in [0.717, 1.165) is 11.8 Å². The first-order valence-electron chi connectivity index (χ1n) is 14.0. The number of rotatable bonds is 3. The summed E-state index contributed by atoms with van der Waals surface area (Å²) in [4.78, 5) is 0. The van der Waals surface area contributed by atoms with Crippen LogP contribution in [0.4, 0.5) is 0 Å². The summed E-state index contributed by atoms with van der Waals surface area (Å²) in [6.45, 7) is 4.84. The van der Waals surface area contributed by atoms with E-state index in [0.29, 0.717) is 11.8 Å².